The van der Waals surface area contributed by atoms with Crippen molar-refractivity contribution < 1.29 is 8.78 Å². The van der Waals surface area contributed by atoms with Gasteiger partial charge in [-0.05, 0) is 75.0 Å². The Morgan fingerprint density at radius 2 is 1.88 bits per heavy atom. The van der Waals surface area contributed by atoms with Crippen molar-refractivity contribution in [2.24, 2.45) is 23.2 Å². The van der Waals surface area contributed by atoms with E-state index in [1.807, 2.05) is 42.2 Å². The van der Waals surface area contributed by atoms with E-state index in [2.05, 4.69) is 42.4 Å². The van der Waals surface area contributed by atoms with Crippen molar-refractivity contribution in [1.29, 1.82) is 0 Å². The van der Waals surface area contributed by atoms with Crippen LogP contribution in [0.25, 0.3) is 11.3 Å². The summed E-state index contributed by atoms with van der Waals surface area (Å²) in [6, 6.07) is 5.83. The van der Waals surface area contributed by atoms with Gasteiger partial charge in [0.25, 0.3) is 5.92 Å². The number of fused-ring (bicyclic) bond motifs is 1. The lowest BCUT2D eigenvalue weighted by molar-refractivity contribution is -0.0471. The van der Waals surface area contributed by atoms with Crippen LogP contribution in [0.15, 0.2) is 61.6 Å². The first-order valence-corrected chi connectivity index (χ1v) is 15.0. The summed E-state index contributed by atoms with van der Waals surface area (Å²) in [4.78, 5) is 5.03. The third kappa shape index (κ3) is 5.31. The van der Waals surface area contributed by atoms with Crippen molar-refractivity contribution in [2.75, 3.05) is 6.54 Å². The fraction of sp³-hybridized carbons (Fsp3) is 0.531. The topological polar surface area (TPSA) is 72.1 Å². The number of rotatable bonds is 12. The molecular weight excluding hydrogens is 520 g/mol. The van der Waals surface area contributed by atoms with Gasteiger partial charge in [0.15, 0.2) is 5.65 Å². The summed E-state index contributed by atoms with van der Waals surface area (Å²) in [7, 11) is 0. The summed E-state index contributed by atoms with van der Waals surface area (Å²) in [6.45, 7) is 17.1. The second-order valence-electron chi connectivity index (χ2n) is 12.3. The van der Waals surface area contributed by atoms with Crippen LogP contribution in [-0.2, 0) is 13.0 Å². The van der Waals surface area contributed by atoms with Crippen molar-refractivity contribution in [2.45, 2.75) is 77.3 Å². The number of alkyl halides is 2. The molecule has 4 heterocycles. The first-order chi connectivity index (χ1) is 19.6. The van der Waals surface area contributed by atoms with Gasteiger partial charge in [0.1, 0.15) is 0 Å². The summed E-state index contributed by atoms with van der Waals surface area (Å²) < 4.78 is 33.1. The number of hydrogen-bond acceptors (Lipinski definition) is 5. The van der Waals surface area contributed by atoms with Gasteiger partial charge in [-0.2, -0.15) is 10.2 Å². The third-order valence-electron chi connectivity index (χ3n) is 9.37. The minimum absolute atomic E-state index is 0.0000755. The molecule has 3 aromatic rings. The van der Waals surface area contributed by atoms with Gasteiger partial charge in [-0.15, -0.1) is 0 Å². The van der Waals surface area contributed by atoms with Gasteiger partial charge in [-0.25, -0.2) is 18.3 Å². The first-order valence-electron chi connectivity index (χ1n) is 15.0. The Bertz CT molecular complexity index is 1460. The number of allylic oxidation sites excluding steroid dienone is 1. The fourth-order valence-electron chi connectivity index (χ4n) is 6.84. The SMILES string of the molecule is C=C(NC(c1cn2nc(CC3(C(=C)CC)CC(F)(F)CNC3=C)ccc2n1)C(C1CC1)C1CC1)c1ccnn1CC. The quantitative estimate of drug-likeness (QED) is 0.253. The van der Waals surface area contributed by atoms with E-state index in [0.29, 0.717) is 42.0 Å². The Labute approximate surface area is 240 Å². The molecule has 41 heavy (non-hydrogen) atoms. The maximum Gasteiger partial charge on any atom is 0.266 e. The number of nitrogens with one attached hydrogen (secondary N) is 2. The normalized spacial score (nSPS) is 23.0. The molecule has 1 saturated heterocycles. The highest BCUT2D eigenvalue weighted by Crippen LogP contribution is 2.54. The predicted octanol–water partition coefficient (Wildman–Crippen LogP) is 6.32. The molecule has 0 aromatic carbocycles. The molecule has 1 aliphatic heterocycles. The molecular formula is C32H41F2N7. The zero-order valence-corrected chi connectivity index (χ0v) is 24.2. The average Bonchev–Trinajstić information content (AvgIpc) is 3.88. The van der Waals surface area contributed by atoms with Crippen LogP contribution < -0.4 is 10.6 Å². The van der Waals surface area contributed by atoms with Gasteiger partial charge >= 0.3 is 0 Å². The van der Waals surface area contributed by atoms with E-state index in [-0.39, 0.29) is 12.5 Å². The molecule has 2 N–H and O–H groups in total. The largest absolute Gasteiger partial charge is 0.382 e. The van der Waals surface area contributed by atoms with Gasteiger partial charge in [0.2, 0.25) is 0 Å². The smallest absolute Gasteiger partial charge is 0.266 e. The molecule has 7 nitrogen and oxygen atoms in total. The molecule has 0 amide bonds. The molecule has 218 valence electrons. The molecule has 9 heteroatoms. The van der Waals surface area contributed by atoms with Crippen molar-refractivity contribution in [3.05, 3.63) is 78.7 Å². The van der Waals surface area contributed by atoms with Crippen LogP contribution in [-0.4, -0.2) is 36.8 Å². The highest BCUT2D eigenvalue weighted by Gasteiger charge is 2.50. The lowest BCUT2D eigenvalue weighted by Crippen LogP contribution is -2.50. The summed E-state index contributed by atoms with van der Waals surface area (Å²) >= 11 is 0. The van der Waals surface area contributed by atoms with Crippen molar-refractivity contribution in [3.63, 3.8) is 0 Å². The Hall–Kier alpha value is -3.49. The minimum atomic E-state index is -2.85. The molecule has 0 spiro atoms. The Kier molecular flexibility index (Phi) is 7.02. The van der Waals surface area contributed by atoms with E-state index in [1.165, 1.54) is 25.7 Å². The molecule has 2 unspecified atom stereocenters. The van der Waals surface area contributed by atoms with Gasteiger partial charge in [0, 0.05) is 36.7 Å². The molecule has 3 fully saturated rings. The minimum Gasteiger partial charge on any atom is -0.382 e. The van der Waals surface area contributed by atoms with Crippen molar-refractivity contribution in [3.8, 4) is 0 Å². The molecule has 3 aromatic heterocycles. The van der Waals surface area contributed by atoms with Crippen LogP contribution in [0.2, 0.25) is 0 Å². The zero-order valence-electron chi connectivity index (χ0n) is 24.2. The van der Waals surface area contributed by atoms with E-state index < -0.39 is 17.9 Å². The van der Waals surface area contributed by atoms with E-state index in [0.717, 1.165) is 34.8 Å². The van der Waals surface area contributed by atoms with Gasteiger partial charge in [0.05, 0.1) is 41.6 Å². The molecule has 6 rings (SSSR count). The monoisotopic (exact) mass is 561 g/mol. The van der Waals surface area contributed by atoms with E-state index in [1.54, 1.807) is 4.52 Å². The maximum atomic E-state index is 14.7. The van der Waals surface area contributed by atoms with Crippen LogP contribution in [0.5, 0.6) is 0 Å². The Morgan fingerprint density at radius 1 is 1.15 bits per heavy atom. The van der Waals surface area contributed by atoms with Gasteiger partial charge in [-0.1, -0.05) is 32.2 Å². The van der Waals surface area contributed by atoms with Crippen LogP contribution in [0, 0.1) is 23.2 Å². The van der Waals surface area contributed by atoms with Crippen LogP contribution >= 0.6 is 0 Å². The Morgan fingerprint density at radius 3 is 2.54 bits per heavy atom. The molecule has 2 atom stereocenters. The van der Waals surface area contributed by atoms with E-state index in [4.69, 9.17) is 10.1 Å². The summed E-state index contributed by atoms with van der Waals surface area (Å²) in [5.41, 5.74) is 4.57. The fourth-order valence-corrected chi connectivity index (χ4v) is 6.84. The number of halogens is 2. The highest BCUT2D eigenvalue weighted by atomic mass is 19.3. The third-order valence-corrected chi connectivity index (χ3v) is 9.37. The lowest BCUT2D eigenvalue weighted by atomic mass is 9.67. The highest BCUT2D eigenvalue weighted by molar-refractivity contribution is 5.59. The zero-order chi connectivity index (χ0) is 28.9. The number of piperidine rings is 1. The standard InChI is InChI=1S/C32H41F2N7/c1-6-20(3)31(18-32(33,34)19-35-22(31)5)16-25-12-13-28-38-26(17-41(28)39-25)30(29(23-8-9-23)24-10-11-24)37-21(4)27-14-15-36-40(27)7-2/h12-15,17,23-24,29-30,35,37H,3-11,16,18-19H2,1-2H3. The summed E-state index contributed by atoms with van der Waals surface area (Å²) in [5, 5.41) is 15.9. The Balaban J connectivity index is 1.33. The second-order valence-corrected chi connectivity index (χ2v) is 12.3. The molecule has 2 aliphatic carbocycles. The van der Waals surface area contributed by atoms with Gasteiger partial charge in [-0.3, -0.25) is 4.68 Å². The van der Waals surface area contributed by atoms with Crippen LogP contribution in [0.4, 0.5) is 8.78 Å². The predicted molar refractivity (Wildman–Crippen MR) is 157 cm³/mol. The number of aryl methyl sites for hydroxylation is 1. The van der Waals surface area contributed by atoms with Crippen molar-refractivity contribution in [1.82, 2.24) is 35.0 Å². The number of nitrogens with zero attached hydrogens (tertiary/aromatic N) is 5. The second kappa shape index (κ2) is 10.4. The average molecular weight is 562 g/mol. The maximum absolute atomic E-state index is 14.7. The number of aromatic nitrogens is 5. The molecule has 0 bridgehead atoms. The number of imidazole rings is 1. The summed E-state index contributed by atoms with van der Waals surface area (Å²) in [5.74, 6) is -1.00. The summed E-state index contributed by atoms with van der Waals surface area (Å²) in [6.07, 6.45) is 9.39. The van der Waals surface area contributed by atoms with E-state index in [9.17, 15) is 8.78 Å². The lowest BCUT2D eigenvalue weighted by Gasteiger charge is -2.44. The molecule has 2 saturated carbocycles. The first kappa shape index (κ1) is 27.7. The van der Waals surface area contributed by atoms with E-state index >= 15 is 0 Å². The molecule has 3 aliphatic rings. The van der Waals surface area contributed by atoms with Crippen LogP contribution in [0.1, 0.15) is 75.5 Å². The van der Waals surface area contributed by atoms with Crippen LogP contribution in [0.3, 0.4) is 0 Å². The van der Waals surface area contributed by atoms with Crippen molar-refractivity contribution >= 4 is 11.3 Å². The van der Waals surface area contributed by atoms with Gasteiger partial charge < -0.3 is 10.6 Å². The molecule has 0 radical (unpaired) electrons. The number of hydrogen-bond donors (Lipinski definition) is 2.